The molecule has 0 radical (unpaired) electrons. The maximum absolute atomic E-state index is 12.2. The van der Waals surface area contributed by atoms with E-state index < -0.39 is 24.5 Å². The highest BCUT2D eigenvalue weighted by molar-refractivity contribution is 5.97. The maximum Gasteiger partial charge on any atom is 0.250 e. The Morgan fingerprint density at radius 2 is 1.95 bits per heavy atom. The topological polar surface area (TPSA) is 104 Å². The van der Waals surface area contributed by atoms with Crippen molar-refractivity contribution >= 4 is 17.6 Å². The van der Waals surface area contributed by atoms with Gasteiger partial charge in [-0.1, -0.05) is 35.5 Å². The Labute approximate surface area is 127 Å². The van der Waals surface area contributed by atoms with E-state index in [1.54, 1.807) is 6.92 Å². The molecule has 0 saturated carbocycles. The number of hydrogen-bond acceptors (Lipinski definition) is 5. The van der Waals surface area contributed by atoms with Gasteiger partial charge in [0, 0.05) is 6.07 Å². The molecule has 2 atom stereocenters. The van der Waals surface area contributed by atoms with Crippen LogP contribution in [-0.4, -0.2) is 34.7 Å². The molecule has 0 aliphatic rings. The van der Waals surface area contributed by atoms with Crippen LogP contribution in [-0.2, 0) is 9.59 Å². The van der Waals surface area contributed by atoms with E-state index in [9.17, 15) is 14.7 Å². The molecule has 0 spiro atoms. The minimum atomic E-state index is -1.06. The first-order chi connectivity index (χ1) is 10.6. The Morgan fingerprint density at radius 1 is 1.23 bits per heavy atom. The van der Waals surface area contributed by atoms with Crippen molar-refractivity contribution in [1.29, 1.82) is 0 Å². The Kier molecular flexibility index (Phi) is 5.26. The van der Waals surface area contributed by atoms with Crippen LogP contribution < -0.4 is 10.6 Å². The molecule has 1 heterocycles. The zero-order valence-corrected chi connectivity index (χ0v) is 12.0. The van der Waals surface area contributed by atoms with Crippen molar-refractivity contribution in [2.45, 2.75) is 18.9 Å². The lowest BCUT2D eigenvalue weighted by Gasteiger charge is -2.18. The molecule has 7 nitrogen and oxygen atoms in total. The summed E-state index contributed by atoms with van der Waals surface area (Å²) in [6.45, 7) is 1.21. The van der Waals surface area contributed by atoms with Gasteiger partial charge in [-0.3, -0.25) is 9.59 Å². The van der Waals surface area contributed by atoms with Gasteiger partial charge in [0.25, 0.3) is 5.91 Å². The summed E-state index contributed by atoms with van der Waals surface area (Å²) in [5.41, 5.74) is 0.827. The van der Waals surface area contributed by atoms with Gasteiger partial charge in [0.2, 0.25) is 5.91 Å². The van der Waals surface area contributed by atoms with Crippen LogP contribution in [0, 0.1) is 0 Å². The van der Waals surface area contributed by atoms with E-state index in [4.69, 9.17) is 0 Å². The number of nitrogens with one attached hydrogen (secondary N) is 2. The lowest BCUT2D eigenvalue weighted by molar-refractivity contribution is -0.128. The van der Waals surface area contributed by atoms with E-state index >= 15 is 0 Å². The predicted octanol–water partition coefficient (Wildman–Crippen LogP) is 0.894. The highest BCUT2D eigenvalue weighted by Gasteiger charge is 2.24. The van der Waals surface area contributed by atoms with E-state index in [1.165, 1.54) is 12.3 Å². The number of aliphatic hydroxyl groups is 1. The Hall–Kier alpha value is -2.67. The first-order valence-corrected chi connectivity index (χ1v) is 6.79. The molecule has 2 rings (SSSR count). The van der Waals surface area contributed by atoms with E-state index in [-0.39, 0.29) is 11.7 Å². The van der Waals surface area contributed by atoms with Crippen molar-refractivity contribution in [3.8, 4) is 0 Å². The highest BCUT2D eigenvalue weighted by Crippen LogP contribution is 2.14. The number of benzene rings is 1. The Balaban J connectivity index is 1.97. The van der Waals surface area contributed by atoms with Crippen molar-refractivity contribution in [2.24, 2.45) is 0 Å². The summed E-state index contributed by atoms with van der Waals surface area (Å²) < 4.78 is 4.59. The second kappa shape index (κ2) is 7.37. The molecule has 0 aliphatic carbocycles. The van der Waals surface area contributed by atoms with E-state index in [0.717, 1.165) is 5.56 Å². The highest BCUT2D eigenvalue weighted by atomic mass is 16.5. The van der Waals surface area contributed by atoms with Crippen LogP contribution in [0.1, 0.15) is 18.4 Å². The summed E-state index contributed by atoms with van der Waals surface area (Å²) in [4.78, 5) is 24.2. The normalized spacial score (nSPS) is 13.2. The molecule has 2 aromatic rings. The number of rotatable bonds is 6. The fourth-order valence-electron chi connectivity index (χ4n) is 1.87. The fourth-order valence-corrected chi connectivity index (χ4v) is 1.87. The molecule has 0 saturated heterocycles. The molecular formula is C15H17N3O4. The van der Waals surface area contributed by atoms with E-state index in [2.05, 4.69) is 20.3 Å². The van der Waals surface area contributed by atoms with Gasteiger partial charge in [0.1, 0.15) is 12.3 Å². The van der Waals surface area contributed by atoms with Crippen LogP contribution in [0.3, 0.4) is 0 Å². The van der Waals surface area contributed by atoms with Gasteiger partial charge in [-0.15, -0.1) is 0 Å². The van der Waals surface area contributed by atoms with Gasteiger partial charge in [-0.25, -0.2) is 0 Å². The van der Waals surface area contributed by atoms with Crippen LogP contribution >= 0.6 is 0 Å². The van der Waals surface area contributed by atoms with E-state index in [0.29, 0.717) is 0 Å². The van der Waals surface area contributed by atoms with Crippen LogP contribution in [0.15, 0.2) is 47.2 Å². The molecule has 1 aromatic carbocycles. The number of amides is 2. The molecule has 0 fully saturated rings. The predicted molar refractivity (Wildman–Crippen MR) is 79.0 cm³/mol. The third-order valence-electron chi connectivity index (χ3n) is 3.20. The lowest BCUT2D eigenvalue weighted by atomic mass is 10.00. The number of carbonyl (C=O) groups is 2. The van der Waals surface area contributed by atoms with Crippen LogP contribution in [0.5, 0.6) is 0 Å². The summed E-state index contributed by atoms with van der Waals surface area (Å²) in [6, 6.07) is 9.58. The summed E-state index contributed by atoms with van der Waals surface area (Å²) in [6.07, 6.45) is 1.31. The smallest absolute Gasteiger partial charge is 0.250 e. The van der Waals surface area contributed by atoms with Crippen molar-refractivity contribution in [3.05, 3.63) is 48.2 Å². The molecule has 2 amide bonds. The van der Waals surface area contributed by atoms with Gasteiger partial charge in [0.05, 0.1) is 12.5 Å². The number of anilines is 1. The molecule has 2 unspecified atom stereocenters. The Morgan fingerprint density at radius 3 is 2.55 bits per heavy atom. The molecule has 116 valence electrons. The van der Waals surface area contributed by atoms with Crippen LogP contribution in [0.25, 0.3) is 0 Å². The first-order valence-electron chi connectivity index (χ1n) is 6.79. The number of carbonyl (C=O) groups excluding carboxylic acids is 2. The van der Waals surface area contributed by atoms with Gasteiger partial charge >= 0.3 is 0 Å². The first kappa shape index (κ1) is 15.7. The molecule has 0 bridgehead atoms. The second-order valence-electron chi connectivity index (χ2n) is 4.75. The molecule has 1 aromatic heterocycles. The summed E-state index contributed by atoms with van der Waals surface area (Å²) in [7, 11) is 0. The largest absolute Gasteiger partial charge is 0.394 e. The minimum Gasteiger partial charge on any atom is -0.394 e. The molecule has 22 heavy (non-hydrogen) atoms. The summed E-state index contributed by atoms with van der Waals surface area (Å²) >= 11 is 0. The third kappa shape index (κ3) is 3.92. The van der Waals surface area contributed by atoms with Crippen molar-refractivity contribution in [1.82, 2.24) is 10.5 Å². The monoisotopic (exact) mass is 303 g/mol. The zero-order valence-electron chi connectivity index (χ0n) is 12.0. The van der Waals surface area contributed by atoms with Crippen molar-refractivity contribution in [3.63, 3.8) is 0 Å². The molecule has 3 N–H and O–H groups in total. The summed E-state index contributed by atoms with van der Waals surface area (Å²) in [5, 5.41) is 17.8. The number of aromatic nitrogens is 1. The van der Waals surface area contributed by atoms with Crippen LogP contribution in [0.2, 0.25) is 0 Å². The van der Waals surface area contributed by atoms with E-state index in [1.807, 2.05) is 30.3 Å². The zero-order chi connectivity index (χ0) is 15.9. The number of hydrogen-bond donors (Lipinski definition) is 3. The van der Waals surface area contributed by atoms with Gasteiger partial charge in [-0.2, -0.15) is 0 Å². The standard InChI is InChI=1S/C15H17N3O4/c1-10(11-5-3-2-4-6-11)14(20)16-12(9-19)15(21)17-13-7-8-22-18-13/h2-8,10,12,19H,9H2,1H3,(H,16,20)(H,17,18,21). The molecule has 0 aliphatic heterocycles. The fraction of sp³-hybridized carbons (Fsp3) is 0.267. The lowest BCUT2D eigenvalue weighted by Crippen LogP contribution is -2.47. The number of nitrogens with zero attached hydrogens (tertiary/aromatic N) is 1. The van der Waals surface area contributed by atoms with Crippen LogP contribution in [0.4, 0.5) is 5.82 Å². The van der Waals surface area contributed by atoms with Gasteiger partial charge < -0.3 is 20.3 Å². The second-order valence-corrected chi connectivity index (χ2v) is 4.75. The van der Waals surface area contributed by atoms with Crippen molar-refractivity contribution < 1.29 is 19.2 Å². The summed E-state index contributed by atoms with van der Waals surface area (Å²) in [5.74, 6) is -1.13. The molecule has 7 heteroatoms. The van der Waals surface area contributed by atoms with Gasteiger partial charge in [0.15, 0.2) is 5.82 Å². The average molecular weight is 303 g/mol. The third-order valence-corrected chi connectivity index (χ3v) is 3.20. The number of aliphatic hydroxyl groups excluding tert-OH is 1. The van der Waals surface area contributed by atoms with Crippen molar-refractivity contribution in [2.75, 3.05) is 11.9 Å². The SMILES string of the molecule is CC(C(=O)NC(CO)C(=O)Nc1ccon1)c1ccccc1. The average Bonchev–Trinajstić information content (AvgIpc) is 3.05. The Bertz CT molecular complexity index is 613. The quantitative estimate of drug-likeness (QED) is 0.735. The molecular weight excluding hydrogens is 286 g/mol. The maximum atomic E-state index is 12.2. The minimum absolute atomic E-state index is 0.216. The van der Waals surface area contributed by atoms with Gasteiger partial charge in [-0.05, 0) is 12.5 Å².